The van der Waals surface area contributed by atoms with Gasteiger partial charge in [-0.05, 0) is 40.4 Å². The molecule has 0 saturated carbocycles. The molecular weight excluding hydrogens is 214 g/mol. The molecule has 0 spiro atoms. The summed E-state index contributed by atoms with van der Waals surface area (Å²) in [6.07, 6.45) is 1.63. The molecule has 1 unspecified atom stereocenters. The number of rotatable bonds is 2. The van der Waals surface area contributed by atoms with Crippen LogP contribution in [0.25, 0.3) is 0 Å². The van der Waals surface area contributed by atoms with Gasteiger partial charge in [0, 0.05) is 31.7 Å². The lowest BCUT2D eigenvalue weighted by atomic mass is 10.1. The highest BCUT2D eigenvalue weighted by Gasteiger charge is 2.27. The molecular formula is C13H27N3O. The van der Waals surface area contributed by atoms with Crippen molar-refractivity contribution < 1.29 is 4.74 Å². The van der Waals surface area contributed by atoms with E-state index in [-0.39, 0.29) is 5.54 Å². The molecule has 0 aliphatic carbocycles. The Morgan fingerprint density at radius 3 is 2.94 bits per heavy atom. The summed E-state index contributed by atoms with van der Waals surface area (Å²) in [5.74, 6) is 0. The molecule has 2 fully saturated rings. The molecule has 17 heavy (non-hydrogen) atoms. The molecule has 0 aromatic heterocycles. The predicted molar refractivity (Wildman–Crippen MR) is 70.4 cm³/mol. The van der Waals surface area contributed by atoms with Gasteiger partial charge in [-0.25, -0.2) is 0 Å². The first-order valence-electron chi connectivity index (χ1n) is 6.83. The Labute approximate surface area is 105 Å². The van der Waals surface area contributed by atoms with Gasteiger partial charge in [0.2, 0.25) is 0 Å². The SMILES string of the molecule is CN1CCOC(CN2CCCNC(C)(C)C2)C1. The number of nitrogens with one attached hydrogen (secondary N) is 1. The van der Waals surface area contributed by atoms with Crippen molar-refractivity contribution >= 4 is 0 Å². The Balaban J connectivity index is 1.84. The van der Waals surface area contributed by atoms with E-state index in [4.69, 9.17) is 4.74 Å². The minimum Gasteiger partial charge on any atom is -0.374 e. The largest absolute Gasteiger partial charge is 0.374 e. The van der Waals surface area contributed by atoms with E-state index in [1.165, 1.54) is 13.0 Å². The maximum absolute atomic E-state index is 5.86. The van der Waals surface area contributed by atoms with Crippen LogP contribution in [0.2, 0.25) is 0 Å². The minimum atomic E-state index is 0.233. The van der Waals surface area contributed by atoms with Crippen molar-refractivity contribution in [2.75, 3.05) is 52.9 Å². The number of hydrogen-bond acceptors (Lipinski definition) is 4. The fourth-order valence-electron chi connectivity index (χ4n) is 2.84. The van der Waals surface area contributed by atoms with Crippen LogP contribution in [0.4, 0.5) is 0 Å². The van der Waals surface area contributed by atoms with Crippen molar-refractivity contribution in [1.82, 2.24) is 15.1 Å². The molecule has 0 radical (unpaired) electrons. The van der Waals surface area contributed by atoms with E-state index < -0.39 is 0 Å². The molecule has 2 saturated heterocycles. The number of hydrogen-bond donors (Lipinski definition) is 1. The van der Waals surface area contributed by atoms with Crippen LogP contribution >= 0.6 is 0 Å². The second-order valence-corrected chi connectivity index (χ2v) is 6.15. The molecule has 1 atom stereocenters. The molecule has 100 valence electrons. The number of morpholine rings is 1. The van der Waals surface area contributed by atoms with Gasteiger partial charge in [0.25, 0.3) is 0 Å². The van der Waals surface area contributed by atoms with Gasteiger partial charge in [-0.2, -0.15) is 0 Å². The molecule has 2 aliphatic rings. The van der Waals surface area contributed by atoms with Crippen LogP contribution in [-0.2, 0) is 4.74 Å². The van der Waals surface area contributed by atoms with Gasteiger partial charge in [0.1, 0.15) is 0 Å². The maximum atomic E-state index is 5.86. The third kappa shape index (κ3) is 4.21. The Morgan fingerprint density at radius 1 is 1.35 bits per heavy atom. The van der Waals surface area contributed by atoms with Crippen molar-refractivity contribution in [3.63, 3.8) is 0 Å². The van der Waals surface area contributed by atoms with Crippen molar-refractivity contribution in [2.24, 2.45) is 0 Å². The third-order valence-electron chi connectivity index (χ3n) is 3.68. The number of nitrogens with zero attached hydrogens (tertiary/aromatic N) is 2. The second-order valence-electron chi connectivity index (χ2n) is 6.15. The fraction of sp³-hybridized carbons (Fsp3) is 1.00. The quantitative estimate of drug-likeness (QED) is 0.757. The van der Waals surface area contributed by atoms with Crippen LogP contribution in [-0.4, -0.2) is 74.4 Å². The zero-order valence-electron chi connectivity index (χ0n) is 11.5. The van der Waals surface area contributed by atoms with Crippen LogP contribution in [0.1, 0.15) is 20.3 Å². The van der Waals surface area contributed by atoms with E-state index in [2.05, 4.69) is 36.0 Å². The Morgan fingerprint density at radius 2 is 2.18 bits per heavy atom. The van der Waals surface area contributed by atoms with E-state index in [9.17, 15) is 0 Å². The van der Waals surface area contributed by atoms with E-state index in [1.807, 2.05) is 0 Å². The Hall–Kier alpha value is -0.160. The molecule has 4 nitrogen and oxygen atoms in total. The molecule has 4 heteroatoms. The van der Waals surface area contributed by atoms with Gasteiger partial charge >= 0.3 is 0 Å². The lowest BCUT2D eigenvalue weighted by Gasteiger charge is -2.35. The summed E-state index contributed by atoms with van der Waals surface area (Å²) in [7, 11) is 2.18. The van der Waals surface area contributed by atoms with Crippen molar-refractivity contribution in [3.8, 4) is 0 Å². The average molecular weight is 241 g/mol. The molecule has 0 amide bonds. The average Bonchev–Trinajstić information content (AvgIpc) is 2.39. The van der Waals surface area contributed by atoms with E-state index in [0.29, 0.717) is 6.10 Å². The summed E-state index contributed by atoms with van der Waals surface area (Å²) in [6.45, 7) is 12.1. The first kappa shape index (κ1) is 13.3. The predicted octanol–water partition coefficient (Wildman–Crippen LogP) is 0.391. The van der Waals surface area contributed by atoms with Crippen LogP contribution in [0.15, 0.2) is 0 Å². The van der Waals surface area contributed by atoms with E-state index >= 15 is 0 Å². The van der Waals surface area contributed by atoms with Gasteiger partial charge < -0.3 is 15.0 Å². The first-order valence-corrected chi connectivity index (χ1v) is 6.83. The van der Waals surface area contributed by atoms with Gasteiger partial charge in [-0.1, -0.05) is 0 Å². The number of likely N-dealkylation sites (N-methyl/N-ethyl adjacent to an activating group) is 1. The lowest BCUT2D eigenvalue weighted by Crippen LogP contribution is -2.50. The highest BCUT2D eigenvalue weighted by Crippen LogP contribution is 2.13. The third-order valence-corrected chi connectivity index (χ3v) is 3.68. The van der Waals surface area contributed by atoms with Crippen molar-refractivity contribution in [1.29, 1.82) is 0 Å². The van der Waals surface area contributed by atoms with E-state index in [0.717, 1.165) is 39.3 Å². The second kappa shape index (κ2) is 5.65. The molecule has 2 heterocycles. The van der Waals surface area contributed by atoms with Gasteiger partial charge in [-0.15, -0.1) is 0 Å². The van der Waals surface area contributed by atoms with Crippen molar-refractivity contribution in [2.45, 2.75) is 31.9 Å². The fourth-order valence-corrected chi connectivity index (χ4v) is 2.84. The van der Waals surface area contributed by atoms with Crippen LogP contribution < -0.4 is 5.32 Å². The molecule has 2 rings (SSSR count). The maximum Gasteiger partial charge on any atom is 0.0829 e. The standard InChI is InChI=1S/C13H27N3O/c1-13(2)11-16(6-4-5-14-13)10-12-9-15(3)7-8-17-12/h12,14H,4-11H2,1-3H3. The van der Waals surface area contributed by atoms with Crippen LogP contribution in [0.3, 0.4) is 0 Å². The molecule has 2 aliphatic heterocycles. The molecule has 0 bridgehead atoms. The van der Waals surface area contributed by atoms with Gasteiger partial charge in [-0.3, -0.25) is 4.90 Å². The smallest absolute Gasteiger partial charge is 0.0829 e. The lowest BCUT2D eigenvalue weighted by molar-refractivity contribution is -0.0367. The highest BCUT2D eigenvalue weighted by molar-refractivity contribution is 4.86. The zero-order valence-corrected chi connectivity index (χ0v) is 11.5. The summed E-state index contributed by atoms with van der Waals surface area (Å²) >= 11 is 0. The Kier molecular flexibility index (Phi) is 4.42. The summed E-state index contributed by atoms with van der Waals surface area (Å²) < 4.78 is 5.86. The molecule has 0 aromatic carbocycles. The monoisotopic (exact) mass is 241 g/mol. The van der Waals surface area contributed by atoms with Gasteiger partial charge in [0.05, 0.1) is 12.7 Å². The molecule has 0 aromatic rings. The summed E-state index contributed by atoms with van der Waals surface area (Å²) in [6, 6.07) is 0. The molecule has 1 N–H and O–H groups in total. The zero-order chi connectivity index (χ0) is 12.3. The van der Waals surface area contributed by atoms with Crippen molar-refractivity contribution in [3.05, 3.63) is 0 Å². The van der Waals surface area contributed by atoms with Gasteiger partial charge in [0.15, 0.2) is 0 Å². The topological polar surface area (TPSA) is 27.7 Å². The number of ether oxygens (including phenoxy) is 1. The van der Waals surface area contributed by atoms with E-state index in [1.54, 1.807) is 0 Å². The van der Waals surface area contributed by atoms with Crippen LogP contribution in [0, 0.1) is 0 Å². The van der Waals surface area contributed by atoms with Crippen LogP contribution in [0.5, 0.6) is 0 Å². The first-order chi connectivity index (χ1) is 8.05. The summed E-state index contributed by atoms with van der Waals surface area (Å²) in [5.41, 5.74) is 0.233. The summed E-state index contributed by atoms with van der Waals surface area (Å²) in [5, 5.41) is 3.60. The minimum absolute atomic E-state index is 0.233. The normalized spacial score (nSPS) is 32.3. The summed E-state index contributed by atoms with van der Waals surface area (Å²) in [4.78, 5) is 4.93. The Bertz CT molecular complexity index is 245. The highest BCUT2D eigenvalue weighted by atomic mass is 16.5.